The molecular formula is C18H18N2O3S. The summed E-state index contributed by atoms with van der Waals surface area (Å²) in [4.78, 5) is 14.1. The molecule has 3 rings (SSSR count). The SMILES string of the molecule is COc1cccc(Sc2ccc(-n3ccn(C)c3=O)cc2OC)c1. The number of hydrogen-bond acceptors (Lipinski definition) is 4. The van der Waals surface area contributed by atoms with Crippen molar-refractivity contribution < 1.29 is 9.47 Å². The standard InChI is InChI=1S/C18H18N2O3S/c1-19-9-10-20(18(19)21)13-7-8-17(16(11-13)23-3)24-15-6-4-5-14(12-15)22-2/h4-12H,1-3H3. The van der Waals surface area contributed by atoms with Gasteiger partial charge in [-0.05, 0) is 30.3 Å². The van der Waals surface area contributed by atoms with Gasteiger partial charge in [-0.25, -0.2) is 4.79 Å². The molecule has 24 heavy (non-hydrogen) atoms. The highest BCUT2D eigenvalue weighted by Gasteiger charge is 2.10. The monoisotopic (exact) mass is 342 g/mol. The number of ether oxygens (including phenoxy) is 2. The van der Waals surface area contributed by atoms with E-state index in [0.717, 1.165) is 27.0 Å². The lowest BCUT2D eigenvalue weighted by Crippen LogP contribution is -2.20. The Kier molecular flexibility index (Phi) is 4.66. The van der Waals surface area contributed by atoms with Gasteiger partial charge in [-0.3, -0.25) is 4.57 Å². The van der Waals surface area contributed by atoms with Gasteiger partial charge in [-0.15, -0.1) is 0 Å². The Balaban J connectivity index is 1.95. The van der Waals surface area contributed by atoms with E-state index in [9.17, 15) is 4.79 Å². The van der Waals surface area contributed by atoms with E-state index in [4.69, 9.17) is 9.47 Å². The molecule has 0 spiro atoms. The van der Waals surface area contributed by atoms with Crippen LogP contribution >= 0.6 is 11.8 Å². The van der Waals surface area contributed by atoms with Crippen LogP contribution in [0, 0.1) is 0 Å². The van der Waals surface area contributed by atoms with E-state index in [-0.39, 0.29) is 5.69 Å². The molecule has 3 aromatic rings. The number of rotatable bonds is 5. The molecule has 0 atom stereocenters. The van der Waals surface area contributed by atoms with Crippen molar-refractivity contribution >= 4 is 11.8 Å². The minimum atomic E-state index is -0.0924. The molecular weight excluding hydrogens is 324 g/mol. The van der Waals surface area contributed by atoms with Gasteiger partial charge in [-0.2, -0.15) is 0 Å². The van der Waals surface area contributed by atoms with Crippen molar-refractivity contribution in [1.29, 1.82) is 0 Å². The molecule has 0 radical (unpaired) electrons. The molecule has 2 aromatic carbocycles. The number of benzene rings is 2. The molecule has 0 saturated carbocycles. The topological polar surface area (TPSA) is 45.4 Å². The number of aryl methyl sites for hydroxylation is 1. The smallest absolute Gasteiger partial charge is 0.332 e. The summed E-state index contributed by atoms with van der Waals surface area (Å²) < 4.78 is 13.9. The normalized spacial score (nSPS) is 10.6. The number of methoxy groups -OCH3 is 2. The molecule has 1 aromatic heterocycles. The Bertz CT molecular complexity index is 915. The molecule has 5 nitrogen and oxygen atoms in total. The van der Waals surface area contributed by atoms with Gasteiger partial charge in [0.1, 0.15) is 11.5 Å². The van der Waals surface area contributed by atoms with E-state index >= 15 is 0 Å². The van der Waals surface area contributed by atoms with Crippen molar-refractivity contribution in [3.8, 4) is 17.2 Å². The zero-order valence-corrected chi connectivity index (χ0v) is 14.5. The van der Waals surface area contributed by atoms with Crippen LogP contribution < -0.4 is 15.2 Å². The van der Waals surface area contributed by atoms with Crippen molar-refractivity contribution in [2.45, 2.75) is 9.79 Å². The molecule has 0 amide bonds. The van der Waals surface area contributed by atoms with E-state index < -0.39 is 0 Å². The summed E-state index contributed by atoms with van der Waals surface area (Å²) in [6.07, 6.45) is 3.47. The number of nitrogens with zero attached hydrogens (tertiary/aromatic N) is 2. The van der Waals surface area contributed by atoms with Crippen LogP contribution in [0.4, 0.5) is 0 Å². The van der Waals surface area contributed by atoms with Gasteiger partial charge in [0.15, 0.2) is 0 Å². The molecule has 0 saturated heterocycles. The van der Waals surface area contributed by atoms with Crippen molar-refractivity contribution in [1.82, 2.24) is 9.13 Å². The Morgan fingerprint density at radius 1 is 1.00 bits per heavy atom. The van der Waals surface area contributed by atoms with Gasteiger partial charge in [0.25, 0.3) is 0 Å². The third-order valence-corrected chi connectivity index (χ3v) is 4.69. The highest BCUT2D eigenvalue weighted by atomic mass is 32.2. The second-order valence-electron chi connectivity index (χ2n) is 5.18. The first kappa shape index (κ1) is 16.3. The molecule has 0 aliphatic carbocycles. The molecule has 0 fully saturated rings. The average Bonchev–Trinajstić information content (AvgIpc) is 2.94. The second kappa shape index (κ2) is 6.88. The Morgan fingerprint density at radius 2 is 1.83 bits per heavy atom. The molecule has 124 valence electrons. The molecule has 0 bridgehead atoms. The Hall–Kier alpha value is -2.60. The van der Waals surface area contributed by atoms with Gasteiger partial charge in [0, 0.05) is 30.4 Å². The summed E-state index contributed by atoms with van der Waals surface area (Å²) in [6, 6.07) is 13.6. The number of imidazole rings is 1. The third-order valence-electron chi connectivity index (χ3n) is 3.64. The van der Waals surface area contributed by atoms with Crippen LogP contribution in [-0.4, -0.2) is 23.4 Å². The van der Waals surface area contributed by atoms with Crippen molar-refractivity contribution in [2.24, 2.45) is 7.05 Å². The predicted molar refractivity (Wildman–Crippen MR) is 94.7 cm³/mol. The van der Waals surface area contributed by atoms with Gasteiger partial charge in [0.2, 0.25) is 0 Å². The number of aromatic nitrogens is 2. The summed E-state index contributed by atoms with van der Waals surface area (Å²) >= 11 is 1.58. The van der Waals surface area contributed by atoms with E-state index in [2.05, 4.69) is 0 Å². The lowest BCUT2D eigenvalue weighted by atomic mass is 10.3. The zero-order valence-electron chi connectivity index (χ0n) is 13.7. The van der Waals surface area contributed by atoms with E-state index in [1.54, 1.807) is 50.0 Å². The molecule has 0 unspecified atom stereocenters. The fourth-order valence-corrected chi connectivity index (χ4v) is 3.30. The summed E-state index contributed by atoms with van der Waals surface area (Å²) in [5.41, 5.74) is 0.678. The fraction of sp³-hybridized carbons (Fsp3) is 0.167. The van der Waals surface area contributed by atoms with Crippen LogP contribution in [-0.2, 0) is 7.05 Å². The van der Waals surface area contributed by atoms with Crippen LogP contribution in [0.1, 0.15) is 0 Å². The van der Waals surface area contributed by atoms with Crippen LogP contribution in [0.2, 0.25) is 0 Å². The first-order valence-corrected chi connectivity index (χ1v) is 8.18. The summed E-state index contributed by atoms with van der Waals surface area (Å²) in [5.74, 6) is 1.53. The van der Waals surface area contributed by atoms with Gasteiger partial charge in [-0.1, -0.05) is 17.8 Å². The van der Waals surface area contributed by atoms with Crippen molar-refractivity contribution in [3.63, 3.8) is 0 Å². The largest absolute Gasteiger partial charge is 0.497 e. The maximum Gasteiger partial charge on any atom is 0.332 e. The van der Waals surface area contributed by atoms with Crippen LogP contribution in [0.3, 0.4) is 0 Å². The molecule has 0 aliphatic rings. The van der Waals surface area contributed by atoms with Gasteiger partial charge >= 0.3 is 5.69 Å². The third kappa shape index (κ3) is 3.19. The van der Waals surface area contributed by atoms with E-state index in [0.29, 0.717) is 0 Å². The predicted octanol–water partition coefficient (Wildman–Crippen LogP) is 3.34. The average molecular weight is 342 g/mol. The number of hydrogen-bond donors (Lipinski definition) is 0. The van der Waals surface area contributed by atoms with Crippen molar-refractivity contribution in [3.05, 3.63) is 65.3 Å². The lowest BCUT2D eigenvalue weighted by Gasteiger charge is -2.11. The summed E-state index contributed by atoms with van der Waals surface area (Å²) in [7, 11) is 5.00. The van der Waals surface area contributed by atoms with Crippen LogP contribution in [0.15, 0.2) is 69.4 Å². The minimum absolute atomic E-state index is 0.0924. The maximum atomic E-state index is 12.1. The highest BCUT2D eigenvalue weighted by Crippen LogP contribution is 2.37. The van der Waals surface area contributed by atoms with E-state index in [1.165, 1.54) is 4.57 Å². The van der Waals surface area contributed by atoms with Gasteiger partial charge in [0.05, 0.1) is 24.8 Å². The second-order valence-corrected chi connectivity index (χ2v) is 6.29. The quantitative estimate of drug-likeness (QED) is 0.713. The first-order valence-electron chi connectivity index (χ1n) is 7.36. The lowest BCUT2D eigenvalue weighted by molar-refractivity contribution is 0.404. The molecule has 0 aliphatic heterocycles. The molecule has 6 heteroatoms. The van der Waals surface area contributed by atoms with Crippen LogP contribution in [0.5, 0.6) is 11.5 Å². The summed E-state index contributed by atoms with van der Waals surface area (Å²) in [6.45, 7) is 0. The summed E-state index contributed by atoms with van der Waals surface area (Å²) in [5, 5.41) is 0. The Morgan fingerprint density at radius 3 is 2.50 bits per heavy atom. The van der Waals surface area contributed by atoms with E-state index in [1.807, 2.05) is 42.5 Å². The van der Waals surface area contributed by atoms with Gasteiger partial charge < -0.3 is 14.0 Å². The zero-order chi connectivity index (χ0) is 17.1. The van der Waals surface area contributed by atoms with Crippen molar-refractivity contribution in [2.75, 3.05) is 14.2 Å². The van der Waals surface area contributed by atoms with Crippen LogP contribution in [0.25, 0.3) is 5.69 Å². The Labute approximate surface area is 144 Å². The first-order chi connectivity index (χ1) is 11.6. The maximum absolute atomic E-state index is 12.1. The highest BCUT2D eigenvalue weighted by molar-refractivity contribution is 7.99. The molecule has 1 heterocycles. The molecule has 0 N–H and O–H groups in total. The fourth-order valence-electron chi connectivity index (χ4n) is 2.34. The minimum Gasteiger partial charge on any atom is -0.497 e.